The highest BCUT2D eigenvalue weighted by Crippen LogP contribution is 2.21. The van der Waals surface area contributed by atoms with Crippen molar-refractivity contribution >= 4 is 23.5 Å². The first-order chi connectivity index (χ1) is 13.0. The maximum atomic E-state index is 13.4. The van der Waals surface area contributed by atoms with E-state index in [-0.39, 0.29) is 17.1 Å². The van der Waals surface area contributed by atoms with Crippen molar-refractivity contribution in [3.63, 3.8) is 0 Å². The summed E-state index contributed by atoms with van der Waals surface area (Å²) < 4.78 is 32.8. The van der Waals surface area contributed by atoms with Crippen LogP contribution in [0.25, 0.3) is 5.69 Å². The van der Waals surface area contributed by atoms with E-state index < -0.39 is 24.2 Å². The summed E-state index contributed by atoms with van der Waals surface area (Å²) in [7, 11) is 0. The van der Waals surface area contributed by atoms with Gasteiger partial charge in [-0.1, -0.05) is 17.8 Å². The molecule has 138 valence electrons. The molecule has 27 heavy (non-hydrogen) atoms. The second-order valence-corrected chi connectivity index (χ2v) is 6.38. The van der Waals surface area contributed by atoms with Crippen LogP contribution in [-0.2, 0) is 9.53 Å². The number of ether oxygens (including phenoxy) is 1. The van der Waals surface area contributed by atoms with Crippen molar-refractivity contribution in [2.24, 2.45) is 0 Å². The van der Waals surface area contributed by atoms with Gasteiger partial charge < -0.3 is 4.74 Å². The summed E-state index contributed by atoms with van der Waals surface area (Å²) in [6.07, 6.45) is 3.19. The quantitative estimate of drug-likeness (QED) is 0.351. The molecule has 0 aliphatic carbocycles. The maximum Gasteiger partial charge on any atom is 0.316 e. The van der Waals surface area contributed by atoms with Crippen LogP contribution in [0, 0.1) is 11.6 Å². The van der Waals surface area contributed by atoms with Gasteiger partial charge in [0, 0.05) is 18.0 Å². The Labute approximate surface area is 158 Å². The van der Waals surface area contributed by atoms with Crippen molar-refractivity contribution in [1.82, 2.24) is 9.55 Å². The molecular formula is C19H14F2N2O3S. The van der Waals surface area contributed by atoms with Crippen LogP contribution in [0.1, 0.15) is 10.4 Å². The van der Waals surface area contributed by atoms with Gasteiger partial charge in [0.2, 0.25) is 0 Å². The number of carbonyl (C=O) groups excluding carboxylic acids is 2. The lowest BCUT2D eigenvalue weighted by atomic mass is 10.1. The Balaban J connectivity index is 1.53. The van der Waals surface area contributed by atoms with Crippen molar-refractivity contribution in [3.05, 3.63) is 78.1 Å². The molecule has 1 aromatic heterocycles. The first kappa shape index (κ1) is 18.8. The van der Waals surface area contributed by atoms with Crippen LogP contribution in [0.4, 0.5) is 8.78 Å². The average molecular weight is 388 g/mol. The van der Waals surface area contributed by atoms with E-state index in [0.29, 0.717) is 10.8 Å². The zero-order chi connectivity index (χ0) is 19.2. The summed E-state index contributed by atoms with van der Waals surface area (Å²) >= 11 is 1.11. The average Bonchev–Trinajstić information content (AvgIpc) is 3.13. The van der Waals surface area contributed by atoms with Crippen molar-refractivity contribution in [1.29, 1.82) is 0 Å². The summed E-state index contributed by atoms with van der Waals surface area (Å²) in [4.78, 5) is 27.9. The predicted molar refractivity (Wildman–Crippen MR) is 95.9 cm³/mol. The molecule has 0 amide bonds. The summed E-state index contributed by atoms with van der Waals surface area (Å²) in [6, 6.07) is 11.0. The Morgan fingerprint density at radius 2 is 1.85 bits per heavy atom. The largest absolute Gasteiger partial charge is 0.457 e. The van der Waals surface area contributed by atoms with E-state index in [1.54, 1.807) is 22.9 Å². The highest BCUT2D eigenvalue weighted by molar-refractivity contribution is 7.99. The van der Waals surface area contributed by atoms with E-state index in [1.165, 1.54) is 30.5 Å². The molecule has 0 spiro atoms. The molecule has 0 radical (unpaired) electrons. The van der Waals surface area contributed by atoms with Crippen LogP contribution in [-0.4, -0.2) is 33.7 Å². The number of esters is 1. The number of ketones is 1. The number of benzene rings is 2. The van der Waals surface area contributed by atoms with E-state index in [9.17, 15) is 18.4 Å². The normalized spacial score (nSPS) is 10.6. The van der Waals surface area contributed by atoms with Gasteiger partial charge in [0.15, 0.2) is 17.5 Å². The number of imidazole rings is 1. The number of halogens is 2. The van der Waals surface area contributed by atoms with Crippen molar-refractivity contribution in [2.75, 3.05) is 12.4 Å². The number of hydrogen-bond donors (Lipinski definition) is 0. The molecule has 3 aromatic rings. The van der Waals surface area contributed by atoms with Gasteiger partial charge in [0.05, 0.1) is 11.4 Å². The van der Waals surface area contributed by atoms with E-state index >= 15 is 0 Å². The fraction of sp³-hybridized carbons (Fsp3) is 0.105. The Kier molecular flexibility index (Phi) is 5.97. The number of Topliss-reactive ketones (excluding diaryl/α,β-unsaturated/α-hetero) is 1. The molecule has 3 rings (SSSR count). The Morgan fingerprint density at radius 1 is 1.07 bits per heavy atom. The number of carbonyl (C=O) groups is 2. The van der Waals surface area contributed by atoms with Gasteiger partial charge in [-0.3, -0.25) is 14.2 Å². The summed E-state index contributed by atoms with van der Waals surface area (Å²) in [5, 5.41) is 0.488. The molecule has 0 bridgehead atoms. The van der Waals surface area contributed by atoms with Crippen molar-refractivity contribution in [2.45, 2.75) is 5.16 Å². The number of hydrogen-bond acceptors (Lipinski definition) is 5. The molecule has 0 aliphatic rings. The lowest BCUT2D eigenvalue weighted by molar-refractivity contribution is -0.139. The summed E-state index contributed by atoms with van der Waals surface area (Å²) in [6.45, 7) is -0.427. The second kappa shape index (κ2) is 8.59. The monoisotopic (exact) mass is 388 g/mol. The van der Waals surface area contributed by atoms with Gasteiger partial charge in [-0.05, 0) is 42.5 Å². The SMILES string of the molecule is O=C(CSc1nccn1-c1cccc(F)c1)OCC(=O)c1ccc(F)cc1. The molecule has 8 heteroatoms. The van der Waals surface area contributed by atoms with Gasteiger partial charge in [-0.2, -0.15) is 0 Å². The number of aromatic nitrogens is 2. The van der Waals surface area contributed by atoms with E-state index in [0.717, 1.165) is 23.9 Å². The fourth-order valence-electron chi connectivity index (χ4n) is 2.25. The first-order valence-electron chi connectivity index (χ1n) is 7.89. The smallest absolute Gasteiger partial charge is 0.316 e. The van der Waals surface area contributed by atoms with Crippen LogP contribution >= 0.6 is 11.8 Å². The minimum Gasteiger partial charge on any atom is -0.457 e. The Morgan fingerprint density at radius 3 is 2.59 bits per heavy atom. The summed E-state index contributed by atoms with van der Waals surface area (Å²) in [5.74, 6) is -1.91. The highest BCUT2D eigenvalue weighted by Gasteiger charge is 2.13. The maximum absolute atomic E-state index is 13.4. The summed E-state index contributed by atoms with van der Waals surface area (Å²) in [5.41, 5.74) is 0.841. The molecule has 0 unspecified atom stereocenters. The van der Waals surface area contributed by atoms with Crippen molar-refractivity contribution < 1.29 is 23.1 Å². The molecule has 0 atom stereocenters. The standard InChI is InChI=1S/C19H14F2N2O3S/c20-14-6-4-13(5-7-14)17(24)11-26-18(25)12-27-19-22-8-9-23(19)16-3-1-2-15(21)10-16/h1-10H,11-12H2. The van der Waals surface area contributed by atoms with Crippen LogP contribution < -0.4 is 0 Å². The molecule has 2 aromatic carbocycles. The van der Waals surface area contributed by atoms with E-state index in [1.807, 2.05) is 0 Å². The Hall–Kier alpha value is -3.00. The zero-order valence-electron chi connectivity index (χ0n) is 14.0. The third-order valence-electron chi connectivity index (χ3n) is 3.54. The van der Waals surface area contributed by atoms with Crippen LogP contribution in [0.15, 0.2) is 66.1 Å². The van der Waals surface area contributed by atoms with Gasteiger partial charge in [0.25, 0.3) is 0 Å². The zero-order valence-corrected chi connectivity index (χ0v) is 14.8. The van der Waals surface area contributed by atoms with Crippen molar-refractivity contribution in [3.8, 4) is 5.69 Å². The van der Waals surface area contributed by atoms with Gasteiger partial charge in [-0.15, -0.1) is 0 Å². The van der Waals surface area contributed by atoms with Gasteiger partial charge in [0.1, 0.15) is 11.6 Å². The molecule has 0 N–H and O–H groups in total. The number of rotatable bonds is 7. The molecule has 0 fully saturated rings. The topological polar surface area (TPSA) is 61.2 Å². The minimum atomic E-state index is -0.593. The molecule has 0 aliphatic heterocycles. The molecular weight excluding hydrogens is 374 g/mol. The molecule has 5 nitrogen and oxygen atoms in total. The van der Waals surface area contributed by atoms with E-state index in [2.05, 4.69) is 4.98 Å². The predicted octanol–water partition coefficient (Wildman–Crippen LogP) is 3.67. The van der Waals surface area contributed by atoms with Crippen LogP contribution in [0.2, 0.25) is 0 Å². The molecule has 1 heterocycles. The lowest BCUT2D eigenvalue weighted by Gasteiger charge is -2.08. The third-order valence-corrected chi connectivity index (χ3v) is 4.48. The number of thioether (sulfide) groups is 1. The van der Waals surface area contributed by atoms with Gasteiger partial charge in [-0.25, -0.2) is 13.8 Å². The van der Waals surface area contributed by atoms with Crippen LogP contribution in [0.5, 0.6) is 0 Å². The minimum absolute atomic E-state index is 0.0664. The van der Waals surface area contributed by atoms with Crippen LogP contribution in [0.3, 0.4) is 0 Å². The Bertz CT molecular complexity index is 958. The number of nitrogens with zero attached hydrogens (tertiary/aromatic N) is 2. The van der Waals surface area contributed by atoms with Gasteiger partial charge >= 0.3 is 5.97 Å². The second-order valence-electron chi connectivity index (χ2n) is 5.44. The molecule has 0 saturated carbocycles. The third kappa shape index (κ3) is 5.01. The highest BCUT2D eigenvalue weighted by atomic mass is 32.2. The fourth-order valence-corrected chi connectivity index (χ4v) is 3.02. The lowest BCUT2D eigenvalue weighted by Crippen LogP contribution is -2.15. The first-order valence-corrected chi connectivity index (χ1v) is 8.88. The molecule has 0 saturated heterocycles. The van der Waals surface area contributed by atoms with E-state index in [4.69, 9.17) is 4.74 Å².